The summed E-state index contributed by atoms with van der Waals surface area (Å²) < 4.78 is 6.79. The average molecular weight is 440 g/mol. The first-order chi connectivity index (χ1) is 15.9. The number of pyridine rings is 1. The number of aromatic nitrogens is 1. The van der Waals surface area contributed by atoms with Gasteiger partial charge in [0.05, 0.1) is 18.2 Å². The quantitative estimate of drug-likeness (QED) is 0.448. The Kier molecular flexibility index (Phi) is 6.09. The van der Waals surface area contributed by atoms with Crippen molar-refractivity contribution in [1.82, 2.24) is 4.57 Å². The van der Waals surface area contributed by atoms with Gasteiger partial charge < -0.3 is 14.6 Å². The predicted octanol–water partition coefficient (Wildman–Crippen LogP) is 4.50. The lowest BCUT2D eigenvalue weighted by molar-refractivity contribution is -0.116. The van der Waals surface area contributed by atoms with E-state index in [0.717, 1.165) is 11.1 Å². The third-order valence-corrected chi connectivity index (χ3v) is 5.48. The highest BCUT2D eigenvalue weighted by atomic mass is 16.5. The first kappa shape index (κ1) is 22.0. The zero-order chi connectivity index (χ0) is 23.5. The van der Waals surface area contributed by atoms with Crippen molar-refractivity contribution < 1.29 is 14.3 Å². The summed E-state index contributed by atoms with van der Waals surface area (Å²) in [6.07, 6.45) is 1.48. The van der Waals surface area contributed by atoms with Gasteiger partial charge >= 0.3 is 0 Å². The smallest absolute Gasteiger partial charge is 0.244 e. The molecular weight excluding hydrogens is 416 g/mol. The number of fused-ring (bicyclic) bond motifs is 1. The maximum absolute atomic E-state index is 13.2. The molecule has 1 amide bonds. The van der Waals surface area contributed by atoms with E-state index in [1.54, 1.807) is 60.2 Å². The number of aryl methyl sites for hydroxylation is 2. The second kappa shape index (κ2) is 9.12. The molecule has 4 aromatic rings. The van der Waals surface area contributed by atoms with Gasteiger partial charge in [-0.25, -0.2) is 0 Å². The average Bonchev–Trinajstić information content (AvgIpc) is 2.81. The molecule has 1 aromatic heterocycles. The van der Waals surface area contributed by atoms with E-state index in [4.69, 9.17) is 4.74 Å². The molecule has 1 N–H and O–H groups in total. The lowest BCUT2D eigenvalue weighted by Crippen LogP contribution is -2.24. The second-order valence-corrected chi connectivity index (χ2v) is 7.99. The van der Waals surface area contributed by atoms with Gasteiger partial charge in [-0.15, -0.1) is 0 Å². The maximum Gasteiger partial charge on any atom is 0.244 e. The fraction of sp³-hybridized carbons (Fsp3) is 0.148. The molecule has 0 atom stereocenters. The number of carbonyl (C=O) groups excluding carboxylic acids is 2. The Hall–Kier alpha value is -4.19. The molecule has 1 heterocycles. The number of ketones is 1. The number of carbonyl (C=O) groups is 2. The van der Waals surface area contributed by atoms with Gasteiger partial charge in [-0.3, -0.25) is 14.4 Å². The number of nitrogens with zero attached hydrogens (tertiary/aromatic N) is 1. The van der Waals surface area contributed by atoms with Crippen LogP contribution in [0.1, 0.15) is 27.0 Å². The van der Waals surface area contributed by atoms with Gasteiger partial charge in [-0.05, 0) is 50.2 Å². The van der Waals surface area contributed by atoms with Gasteiger partial charge in [-0.1, -0.05) is 41.5 Å². The van der Waals surface area contributed by atoms with Crippen molar-refractivity contribution in [2.45, 2.75) is 20.4 Å². The third-order valence-electron chi connectivity index (χ3n) is 5.48. The zero-order valence-corrected chi connectivity index (χ0v) is 18.7. The summed E-state index contributed by atoms with van der Waals surface area (Å²) in [6.45, 7) is 3.76. The molecule has 0 unspecified atom stereocenters. The van der Waals surface area contributed by atoms with Crippen molar-refractivity contribution in [2.24, 2.45) is 0 Å². The Morgan fingerprint density at radius 2 is 1.58 bits per heavy atom. The van der Waals surface area contributed by atoms with Crippen LogP contribution in [0.4, 0.5) is 5.69 Å². The molecule has 0 aliphatic heterocycles. The number of benzene rings is 3. The van der Waals surface area contributed by atoms with E-state index < -0.39 is 0 Å². The van der Waals surface area contributed by atoms with Crippen LogP contribution in [0.3, 0.4) is 0 Å². The third kappa shape index (κ3) is 4.70. The highest BCUT2D eigenvalue weighted by molar-refractivity contribution is 6.10. The molecule has 0 aliphatic rings. The fourth-order valence-corrected chi connectivity index (χ4v) is 3.69. The lowest BCUT2D eigenvalue weighted by atomic mass is 10.0. The Balaban J connectivity index is 1.72. The minimum Gasteiger partial charge on any atom is -0.497 e. The van der Waals surface area contributed by atoms with Crippen LogP contribution in [-0.4, -0.2) is 23.4 Å². The summed E-state index contributed by atoms with van der Waals surface area (Å²) in [6, 6.07) is 19.5. The Bertz CT molecular complexity index is 1400. The second-order valence-electron chi connectivity index (χ2n) is 7.99. The molecule has 6 heteroatoms. The molecular formula is C27H24N2O4. The molecule has 0 fully saturated rings. The molecule has 6 nitrogen and oxygen atoms in total. The SMILES string of the molecule is COc1ccc(NC(=O)Cn2cc(C(=O)c3ccc(C)cc3)c(=O)c3cc(C)ccc32)cc1. The summed E-state index contributed by atoms with van der Waals surface area (Å²) in [7, 11) is 1.58. The number of ether oxygens (including phenoxy) is 1. The molecule has 3 aromatic carbocycles. The highest BCUT2D eigenvalue weighted by Gasteiger charge is 2.18. The fourth-order valence-electron chi connectivity index (χ4n) is 3.69. The van der Waals surface area contributed by atoms with E-state index in [1.165, 1.54) is 6.20 Å². The Labute approximate surface area is 191 Å². The maximum atomic E-state index is 13.2. The summed E-state index contributed by atoms with van der Waals surface area (Å²) >= 11 is 0. The van der Waals surface area contributed by atoms with Crippen LogP contribution in [0.25, 0.3) is 10.9 Å². The lowest BCUT2D eigenvalue weighted by Gasteiger charge is -2.14. The van der Waals surface area contributed by atoms with E-state index >= 15 is 0 Å². The van der Waals surface area contributed by atoms with E-state index in [2.05, 4.69) is 5.32 Å². The summed E-state index contributed by atoms with van der Waals surface area (Å²) in [5, 5.41) is 3.25. The van der Waals surface area contributed by atoms with Gasteiger partial charge in [0.2, 0.25) is 11.3 Å². The standard InChI is InChI=1S/C27H24N2O4/c1-17-4-7-19(8-5-17)26(31)23-15-29(24-13-6-18(2)14-22(24)27(23)32)16-25(30)28-20-9-11-21(33-3)12-10-20/h4-15H,16H2,1-3H3,(H,28,30). The Morgan fingerprint density at radius 3 is 2.24 bits per heavy atom. The molecule has 33 heavy (non-hydrogen) atoms. The van der Waals surface area contributed by atoms with Crippen molar-refractivity contribution in [2.75, 3.05) is 12.4 Å². The highest BCUT2D eigenvalue weighted by Crippen LogP contribution is 2.18. The number of nitrogens with one attached hydrogen (secondary N) is 1. The van der Waals surface area contributed by atoms with Gasteiger partial charge in [0, 0.05) is 22.8 Å². The number of anilines is 1. The van der Waals surface area contributed by atoms with Crippen LogP contribution in [0.15, 0.2) is 77.7 Å². The van der Waals surface area contributed by atoms with Crippen molar-refractivity contribution >= 4 is 28.3 Å². The number of amides is 1. The van der Waals surface area contributed by atoms with Crippen LogP contribution in [0.5, 0.6) is 5.75 Å². The number of methoxy groups -OCH3 is 1. The van der Waals surface area contributed by atoms with E-state index in [1.807, 2.05) is 32.0 Å². The van der Waals surface area contributed by atoms with Gasteiger partial charge in [-0.2, -0.15) is 0 Å². The zero-order valence-electron chi connectivity index (χ0n) is 18.7. The van der Waals surface area contributed by atoms with Crippen molar-refractivity contribution in [3.63, 3.8) is 0 Å². The minimum absolute atomic E-state index is 0.0363. The minimum atomic E-state index is -0.368. The van der Waals surface area contributed by atoms with Crippen molar-refractivity contribution in [3.05, 3.63) is 105 Å². The van der Waals surface area contributed by atoms with Crippen LogP contribution >= 0.6 is 0 Å². The van der Waals surface area contributed by atoms with Crippen LogP contribution in [-0.2, 0) is 11.3 Å². The molecule has 4 rings (SSSR count). The predicted molar refractivity (Wildman–Crippen MR) is 129 cm³/mol. The first-order valence-corrected chi connectivity index (χ1v) is 10.5. The molecule has 0 saturated heterocycles. The Morgan fingerprint density at radius 1 is 0.909 bits per heavy atom. The summed E-state index contributed by atoms with van der Waals surface area (Å²) in [5.74, 6) is 0.0428. The van der Waals surface area contributed by atoms with Crippen LogP contribution < -0.4 is 15.5 Å². The van der Waals surface area contributed by atoms with E-state index in [0.29, 0.717) is 27.9 Å². The van der Waals surface area contributed by atoms with Crippen molar-refractivity contribution in [1.29, 1.82) is 0 Å². The molecule has 0 radical (unpaired) electrons. The normalized spacial score (nSPS) is 10.8. The summed E-state index contributed by atoms with van der Waals surface area (Å²) in [5.41, 5.74) is 3.26. The number of rotatable bonds is 6. The molecule has 0 aliphatic carbocycles. The van der Waals surface area contributed by atoms with Crippen LogP contribution in [0.2, 0.25) is 0 Å². The topological polar surface area (TPSA) is 77.4 Å². The van der Waals surface area contributed by atoms with Gasteiger partial charge in [0.15, 0.2) is 5.78 Å². The number of hydrogen-bond donors (Lipinski definition) is 1. The number of hydrogen-bond acceptors (Lipinski definition) is 4. The first-order valence-electron chi connectivity index (χ1n) is 10.5. The summed E-state index contributed by atoms with van der Waals surface area (Å²) in [4.78, 5) is 39.2. The molecule has 0 saturated carbocycles. The monoisotopic (exact) mass is 440 g/mol. The van der Waals surface area contributed by atoms with Crippen LogP contribution in [0, 0.1) is 13.8 Å². The van der Waals surface area contributed by atoms with E-state index in [9.17, 15) is 14.4 Å². The molecule has 166 valence electrons. The largest absolute Gasteiger partial charge is 0.497 e. The van der Waals surface area contributed by atoms with Gasteiger partial charge in [0.25, 0.3) is 0 Å². The molecule has 0 spiro atoms. The van der Waals surface area contributed by atoms with E-state index in [-0.39, 0.29) is 29.2 Å². The van der Waals surface area contributed by atoms with Crippen molar-refractivity contribution in [3.8, 4) is 5.75 Å². The van der Waals surface area contributed by atoms with Gasteiger partial charge in [0.1, 0.15) is 12.3 Å². The molecule has 0 bridgehead atoms.